The predicted molar refractivity (Wildman–Crippen MR) is 72.9 cm³/mol. The molecule has 2 aromatic heterocycles. The van der Waals surface area contributed by atoms with Crippen LogP contribution in [0.1, 0.15) is 0 Å². The normalized spacial score (nSPS) is 16.1. The van der Waals surface area contributed by atoms with Crippen molar-refractivity contribution in [3.05, 3.63) is 15.6 Å². The molecule has 0 unspecified atom stereocenters. The summed E-state index contributed by atoms with van der Waals surface area (Å²) in [5.41, 5.74) is 0.667. The van der Waals surface area contributed by atoms with E-state index in [4.69, 9.17) is 29.2 Å². The molecule has 0 aromatic carbocycles. The second-order valence-electron chi connectivity index (χ2n) is 3.94. The molecule has 0 aliphatic carbocycles. The van der Waals surface area contributed by atoms with E-state index in [0.29, 0.717) is 34.2 Å². The van der Waals surface area contributed by atoms with E-state index in [-0.39, 0.29) is 0 Å². The zero-order valence-corrected chi connectivity index (χ0v) is 11.1. The minimum Gasteiger partial charge on any atom is -0.378 e. The van der Waals surface area contributed by atoms with Crippen molar-refractivity contribution < 1.29 is 4.74 Å². The third-order valence-electron chi connectivity index (χ3n) is 2.77. The Morgan fingerprint density at radius 2 is 2.00 bits per heavy atom. The number of aromatic amines is 2. The predicted octanol–water partition coefficient (Wildman–Crippen LogP) is 1.58. The first-order valence-electron chi connectivity index (χ1n) is 5.56. The molecular formula is C10H11N5OS2. The van der Waals surface area contributed by atoms with E-state index >= 15 is 0 Å². The van der Waals surface area contributed by atoms with Gasteiger partial charge in [-0.2, -0.15) is 4.98 Å². The van der Waals surface area contributed by atoms with Crippen molar-refractivity contribution in [1.82, 2.24) is 19.9 Å². The topological polar surface area (TPSA) is 69.8 Å². The van der Waals surface area contributed by atoms with Crippen molar-refractivity contribution in [2.75, 3.05) is 31.2 Å². The van der Waals surface area contributed by atoms with Crippen LogP contribution in [0.15, 0.2) is 6.20 Å². The van der Waals surface area contributed by atoms with E-state index in [0.717, 1.165) is 18.5 Å². The summed E-state index contributed by atoms with van der Waals surface area (Å²) in [4.78, 5) is 16.8. The molecule has 2 aromatic rings. The van der Waals surface area contributed by atoms with E-state index in [9.17, 15) is 0 Å². The fourth-order valence-corrected chi connectivity index (χ4v) is 2.37. The van der Waals surface area contributed by atoms with Crippen molar-refractivity contribution in [1.29, 1.82) is 0 Å². The van der Waals surface area contributed by atoms with Gasteiger partial charge in [0.05, 0.1) is 18.6 Å². The van der Waals surface area contributed by atoms with Gasteiger partial charge in [-0.3, -0.25) is 0 Å². The molecular weight excluding hydrogens is 270 g/mol. The zero-order chi connectivity index (χ0) is 12.5. The summed E-state index contributed by atoms with van der Waals surface area (Å²) in [6.07, 6.45) is 1.72. The van der Waals surface area contributed by atoms with E-state index in [2.05, 4.69) is 24.8 Å². The second kappa shape index (κ2) is 4.71. The molecule has 8 heteroatoms. The number of hydrogen-bond donors (Lipinski definition) is 2. The summed E-state index contributed by atoms with van der Waals surface area (Å²) < 4.78 is 6.33. The molecule has 6 nitrogen and oxygen atoms in total. The Hall–Kier alpha value is -1.38. The van der Waals surface area contributed by atoms with Gasteiger partial charge in [-0.25, -0.2) is 4.98 Å². The van der Waals surface area contributed by atoms with Gasteiger partial charge in [-0.1, -0.05) is 12.2 Å². The number of nitrogens with one attached hydrogen (secondary N) is 2. The van der Waals surface area contributed by atoms with E-state index in [1.165, 1.54) is 0 Å². The van der Waals surface area contributed by atoms with Crippen molar-refractivity contribution in [2.24, 2.45) is 0 Å². The molecule has 1 aliphatic rings. The number of anilines is 1. The van der Waals surface area contributed by atoms with Crippen molar-refractivity contribution in [3.63, 3.8) is 0 Å². The molecule has 3 rings (SSSR count). The summed E-state index contributed by atoms with van der Waals surface area (Å²) >= 11 is 10.2. The highest BCUT2D eigenvalue weighted by Crippen LogP contribution is 2.14. The average molecular weight is 281 g/mol. The van der Waals surface area contributed by atoms with Crippen LogP contribution < -0.4 is 4.90 Å². The summed E-state index contributed by atoms with van der Waals surface area (Å²) in [6.45, 7) is 3.00. The van der Waals surface area contributed by atoms with E-state index in [1.54, 1.807) is 6.20 Å². The fraction of sp³-hybridized carbons (Fsp3) is 0.400. The van der Waals surface area contributed by atoms with E-state index < -0.39 is 0 Å². The first-order chi connectivity index (χ1) is 8.74. The summed E-state index contributed by atoms with van der Waals surface area (Å²) in [5, 5.41) is 0.774. The maximum absolute atomic E-state index is 5.30. The highest BCUT2D eigenvalue weighted by molar-refractivity contribution is 7.72. The number of morpholine rings is 1. The summed E-state index contributed by atoms with van der Waals surface area (Å²) in [6, 6.07) is 0. The van der Waals surface area contributed by atoms with Crippen LogP contribution in [0.3, 0.4) is 0 Å². The lowest BCUT2D eigenvalue weighted by molar-refractivity contribution is 0.122. The Morgan fingerprint density at radius 3 is 2.78 bits per heavy atom. The maximum Gasteiger partial charge on any atom is 0.227 e. The van der Waals surface area contributed by atoms with Gasteiger partial charge >= 0.3 is 0 Å². The number of fused-ring (bicyclic) bond motifs is 1. The maximum atomic E-state index is 5.30. The van der Waals surface area contributed by atoms with Crippen LogP contribution in [0.25, 0.3) is 11.0 Å². The first kappa shape index (κ1) is 11.7. The number of aromatic nitrogens is 4. The number of ether oxygens (including phenoxy) is 1. The molecule has 2 N–H and O–H groups in total. The molecule has 18 heavy (non-hydrogen) atoms. The molecule has 1 saturated heterocycles. The fourth-order valence-electron chi connectivity index (χ4n) is 1.86. The van der Waals surface area contributed by atoms with Gasteiger partial charge in [0.15, 0.2) is 4.77 Å². The summed E-state index contributed by atoms with van der Waals surface area (Å²) in [5.74, 6) is 0.678. The molecule has 0 radical (unpaired) electrons. The Kier molecular flexibility index (Phi) is 3.06. The minimum absolute atomic E-state index is 0.471. The number of hydrogen-bond acceptors (Lipinski definition) is 6. The first-order valence-corrected chi connectivity index (χ1v) is 6.38. The van der Waals surface area contributed by atoms with Gasteiger partial charge in [0.2, 0.25) is 5.95 Å². The number of nitrogens with zero attached hydrogens (tertiary/aromatic N) is 3. The zero-order valence-electron chi connectivity index (χ0n) is 9.47. The lowest BCUT2D eigenvalue weighted by Crippen LogP contribution is -2.37. The van der Waals surface area contributed by atoms with Crippen molar-refractivity contribution >= 4 is 41.4 Å². The van der Waals surface area contributed by atoms with Crippen LogP contribution >= 0.6 is 24.4 Å². The lowest BCUT2D eigenvalue weighted by atomic mass is 10.4. The molecule has 0 spiro atoms. The van der Waals surface area contributed by atoms with Crippen LogP contribution in [-0.2, 0) is 4.74 Å². The lowest BCUT2D eigenvalue weighted by Gasteiger charge is -2.26. The third kappa shape index (κ3) is 2.14. The SMILES string of the molecule is S=c1[nH]c(=S)c2cnc(N3CCOCC3)nc2[nH]1. The molecule has 0 saturated carbocycles. The van der Waals surface area contributed by atoms with Gasteiger partial charge in [0.1, 0.15) is 10.3 Å². The van der Waals surface area contributed by atoms with Crippen LogP contribution in [0.5, 0.6) is 0 Å². The molecule has 0 bridgehead atoms. The van der Waals surface area contributed by atoms with Gasteiger partial charge < -0.3 is 19.6 Å². The van der Waals surface area contributed by atoms with Crippen LogP contribution in [0.4, 0.5) is 5.95 Å². The molecule has 94 valence electrons. The molecule has 0 atom stereocenters. The molecule has 1 aliphatic heterocycles. The van der Waals surface area contributed by atoms with Gasteiger partial charge in [-0.15, -0.1) is 0 Å². The Morgan fingerprint density at radius 1 is 1.22 bits per heavy atom. The number of H-pyrrole nitrogens is 2. The monoisotopic (exact) mass is 281 g/mol. The number of rotatable bonds is 1. The summed E-state index contributed by atoms with van der Waals surface area (Å²) in [7, 11) is 0. The van der Waals surface area contributed by atoms with Crippen molar-refractivity contribution in [3.8, 4) is 0 Å². The van der Waals surface area contributed by atoms with Crippen LogP contribution in [0.2, 0.25) is 0 Å². The van der Waals surface area contributed by atoms with Crippen LogP contribution in [0, 0.1) is 9.41 Å². The molecule has 3 heterocycles. The highest BCUT2D eigenvalue weighted by atomic mass is 32.1. The van der Waals surface area contributed by atoms with Crippen LogP contribution in [-0.4, -0.2) is 46.2 Å². The van der Waals surface area contributed by atoms with E-state index in [1.807, 2.05) is 0 Å². The van der Waals surface area contributed by atoms with Gasteiger partial charge in [0, 0.05) is 19.3 Å². The van der Waals surface area contributed by atoms with Gasteiger partial charge in [0.25, 0.3) is 0 Å². The Bertz CT molecular complexity index is 688. The average Bonchev–Trinajstić information content (AvgIpc) is 2.39. The molecule has 1 fully saturated rings. The Balaban J connectivity index is 2.10. The highest BCUT2D eigenvalue weighted by Gasteiger charge is 2.14. The standard InChI is InChI=1S/C10H11N5OS2/c17-8-6-5-11-9(15-1-3-16-4-2-15)12-7(6)13-10(18)14-8/h5H,1-4H2,(H2,11,12,13,14,17,18). The third-order valence-corrected chi connectivity index (χ3v) is 3.30. The minimum atomic E-state index is 0.471. The smallest absolute Gasteiger partial charge is 0.227 e. The van der Waals surface area contributed by atoms with Gasteiger partial charge in [-0.05, 0) is 12.2 Å². The Labute approximate surface area is 113 Å². The largest absolute Gasteiger partial charge is 0.378 e. The van der Waals surface area contributed by atoms with Crippen molar-refractivity contribution in [2.45, 2.75) is 0 Å². The molecule has 0 amide bonds. The quantitative estimate of drug-likeness (QED) is 0.774. The second-order valence-corrected chi connectivity index (χ2v) is 4.76.